The van der Waals surface area contributed by atoms with Crippen LogP contribution in [0.2, 0.25) is 0 Å². The Morgan fingerprint density at radius 3 is 2.57 bits per heavy atom. The number of thiazole rings is 1. The zero-order chi connectivity index (χ0) is 15.4. The minimum Gasteiger partial charge on any atom is -0.493 e. The maximum atomic E-state index is 6.03. The SMILES string of the molecule is CCOc1ccc(-c2nc(CC)c(C(C)N)s2)cc1OC. The Bertz CT molecular complexity index is 608. The molecule has 2 rings (SSSR count). The number of methoxy groups -OCH3 is 1. The normalized spacial score (nSPS) is 12.2. The third-order valence-electron chi connectivity index (χ3n) is 3.19. The number of nitrogens with zero attached hydrogens (tertiary/aromatic N) is 1. The van der Waals surface area contributed by atoms with Gasteiger partial charge in [-0.15, -0.1) is 11.3 Å². The van der Waals surface area contributed by atoms with Gasteiger partial charge in [0.25, 0.3) is 0 Å². The fourth-order valence-corrected chi connectivity index (χ4v) is 3.27. The van der Waals surface area contributed by atoms with E-state index >= 15 is 0 Å². The Morgan fingerprint density at radius 1 is 1.29 bits per heavy atom. The lowest BCUT2D eigenvalue weighted by Crippen LogP contribution is -2.05. The van der Waals surface area contributed by atoms with Gasteiger partial charge in [-0.3, -0.25) is 0 Å². The van der Waals surface area contributed by atoms with Crippen molar-refractivity contribution in [3.63, 3.8) is 0 Å². The van der Waals surface area contributed by atoms with Crippen molar-refractivity contribution in [2.75, 3.05) is 13.7 Å². The number of benzene rings is 1. The highest BCUT2D eigenvalue weighted by molar-refractivity contribution is 7.15. The van der Waals surface area contributed by atoms with E-state index in [1.54, 1.807) is 18.4 Å². The third-order valence-corrected chi connectivity index (χ3v) is 4.53. The first-order chi connectivity index (χ1) is 10.1. The van der Waals surface area contributed by atoms with Crippen molar-refractivity contribution in [3.05, 3.63) is 28.8 Å². The van der Waals surface area contributed by atoms with Crippen molar-refractivity contribution in [2.45, 2.75) is 33.2 Å². The van der Waals surface area contributed by atoms with E-state index in [9.17, 15) is 0 Å². The highest BCUT2D eigenvalue weighted by Crippen LogP contribution is 2.36. The number of ether oxygens (including phenoxy) is 2. The number of aromatic nitrogens is 1. The first-order valence-electron chi connectivity index (χ1n) is 7.17. The minimum atomic E-state index is 0.00999. The standard InChI is InChI=1S/C16H22N2O2S/c1-5-12-15(10(3)17)21-16(18-12)11-7-8-13(20-6-2)14(9-11)19-4/h7-10H,5-6,17H2,1-4H3. The Hall–Kier alpha value is -1.59. The van der Waals surface area contributed by atoms with Crippen molar-refractivity contribution in [3.8, 4) is 22.1 Å². The molecule has 1 heterocycles. The lowest BCUT2D eigenvalue weighted by Gasteiger charge is -2.09. The summed E-state index contributed by atoms with van der Waals surface area (Å²) in [5.74, 6) is 1.48. The van der Waals surface area contributed by atoms with Gasteiger partial charge in [-0.05, 0) is 38.5 Å². The summed E-state index contributed by atoms with van der Waals surface area (Å²) in [4.78, 5) is 5.87. The monoisotopic (exact) mass is 306 g/mol. The van der Waals surface area contributed by atoms with E-state index < -0.39 is 0 Å². The molecular weight excluding hydrogens is 284 g/mol. The van der Waals surface area contributed by atoms with Crippen LogP contribution in [0.5, 0.6) is 11.5 Å². The van der Waals surface area contributed by atoms with Gasteiger partial charge < -0.3 is 15.2 Å². The van der Waals surface area contributed by atoms with Gasteiger partial charge in [-0.1, -0.05) is 6.92 Å². The quantitative estimate of drug-likeness (QED) is 0.882. The number of rotatable bonds is 6. The number of nitrogens with two attached hydrogens (primary N) is 1. The fraction of sp³-hybridized carbons (Fsp3) is 0.438. The van der Waals surface area contributed by atoms with Crippen LogP contribution in [0.15, 0.2) is 18.2 Å². The first kappa shape index (κ1) is 15.8. The summed E-state index contributed by atoms with van der Waals surface area (Å²) >= 11 is 1.65. The van der Waals surface area contributed by atoms with Crippen LogP contribution < -0.4 is 15.2 Å². The van der Waals surface area contributed by atoms with Gasteiger partial charge in [0.15, 0.2) is 11.5 Å². The van der Waals surface area contributed by atoms with E-state index in [0.717, 1.165) is 39.1 Å². The molecule has 0 spiro atoms. The van der Waals surface area contributed by atoms with E-state index in [2.05, 4.69) is 6.92 Å². The van der Waals surface area contributed by atoms with Crippen LogP contribution in [0.1, 0.15) is 37.4 Å². The number of hydrogen-bond acceptors (Lipinski definition) is 5. The highest BCUT2D eigenvalue weighted by Gasteiger charge is 2.15. The predicted molar refractivity (Wildman–Crippen MR) is 87.3 cm³/mol. The largest absolute Gasteiger partial charge is 0.493 e. The lowest BCUT2D eigenvalue weighted by molar-refractivity contribution is 0.311. The van der Waals surface area contributed by atoms with E-state index in [-0.39, 0.29) is 6.04 Å². The molecule has 0 radical (unpaired) electrons. The molecule has 0 aliphatic heterocycles. The van der Waals surface area contributed by atoms with Crippen LogP contribution >= 0.6 is 11.3 Å². The Balaban J connectivity index is 2.42. The molecule has 0 amide bonds. The van der Waals surface area contributed by atoms with Gasteiger partial charge in [0.2, 0.25) is 0 Å². The van der Waals surface area contributed by atoms with E-state index in [4.69, 9.17) is 20.2 Å². The van der Waals surface area contributed by atoms with Gasteiger partial charge in [0.05, 0.1) is 19.4 Å². The lowest BCUT2D eigenvalue weighted by atomic mass is 10.2. The molecular formula is C16H22N2O2S. The second-order valence-corrected chi connectivity index (χ2v) is 5.80. The Morgan fingerprint density at radius 2 is 2.05 bits per heavy atom. The minimum absolute atomic E-state index is 0.00999. The summed E-state index contributed by atoms with van der Waals surface area (Å²) in [5.41, 5.74) is 8.14. The van der Waals surface area contributed by atoms with Gasteiger partial charge >= 0.3 is 0 Å². The average Bonchev–Trinajstić information content (AvgIpc) is 2.92. The molecule has 0 saturated heterocycles. The summed E-state index contributed by atoms with van der Waals surface area (Å²) in [6, 6.07) is 5.91. The molecule has 2 N–H and O–H groups in total. The molecule has 0 fully saturated rings. The molecule has 114 valence electrons. The van der Waals surface area contributed by atoms with E-state index in [0.29, 0.717) is 6.61 Å². The molecule has 1 aromatic carbocycles. The number of aryl methyl sites for hydroxylation is 1. The molecule has 1 unspecified atom stereocenters. The predicted octanol–water partition coefficient (Wildman–Crippen LogP) is 3.80. The van der Waals surface area contributed by atoms with Crippen molar-refractivity contribution in [2.24, 2.45) is 5.73 Å². The van der Waals surface area contributed by atoms with Crippen LogP contribution in [-0.2, 0) is 6.42 Å². The molecule has 1 aromatic heterocycles. The molecule has 4 nitrogen and oxygen atoms in total. The highest BCUT2D eigenvalue weighted by atomic mass is 32.1. The zero-order valence-corrected chi connectivity index (χ0v) is 13.8. The van der Waals surface area contributed by atoms with Gasteiger partial charge in [-0.25, -0.2) is 4.98 Å². The van der Waals surface area contributed by atoms with Crippen LogP contribution in [0.25, 0.3) is 10.6 Å². The maximum Gasteiger partial charge on any atom is 0.161 e. The summed E-state index contributed by atoms with van der Waals surface area (Å²) in [7, 11) is 1.65. The summed E-state index contributed by atoms with van der Waals surface area (Å²) in [5, 5.41) is 0.973. The summed E-state index contributed by atoms with van der Waals surface area (Å²) < 4.78 is 10.9. The van der Waals surface area contributed by atoms with Crippen molar-refractivity contribution in [1.29, 1.82) is 0 Å². The molecule has 0 saturated carbocycles. The summed E-state index contributed by atoms with van der Waals surface area (Å²) in [6.45, 7) is 6.66. The second kappa shape index (κ2) is 6.91. The maximum absolute atomic E-state index is 6.03. The first-order valence-corrected chi connectivity index (χ1v) is 7.98. The Labute approximate surface area is 129 Å². The zero-order valence-electron chi connectivity index (χ0n) is 13.0. The van der Waals surface area contributed by atoms with E-state index in [1.165, 1.54) is 0 Å². The molecule has 0 bridgehead atoms. The molecule has 2 aromatic rings. The smallest absolute Gasteiger partial charge is 0.161 e. The van der Waals surface area contributed by atoms with E-state index in [1.807, 2.05) is 32.0 Å². The van der Waals surface area contributed by atoms with Crippen LogP contribution in [0, 0.1) is 0 Å². The molecule has 21 heavy (non-hydrogen) atoms. The van der Waals surface area contributed by atoms with Gasteiger partial charge in [0, 0.05) is 16.5 Å². The fourth-order valence-electron chi connectivity index (χ4n) is 2.17. The molecule has 0 aliphatic carbocycles. The van der Waals surface area contributed by atoms with Gasteiger partial charge in [0.1, 0.15) is 5.01 Å². The second-order valence-electron chi connectivity index (χ2n) is 4.77. The van der Waals surface area contributed by atoms with Gasteiger partial charge in [-0.2, -0.15) is 0 Å². The summed E-state index contributed by atoms with van der Waals surface area (Å²) in [6.07, 6.45) is 0.890. The van der Waals surface area contributed by atoms with Crippen molar-refractivity contribution in [1.82, 2.24) is 4.98 Å². The molecule has 1 atom stereocenters. The van der Waals surface area contributed by atoms with Crippen LogP contribution in [0.3, 0.4) is 0 Å². The Kier molecular flexibility index (Phi) is 5.20. The van der Waals surface area contributed by atoms with Crippen molar-refractivity contribution >= 4 is 11.3 Å². The third kappa shape index (κ3) is 3.36. The van der Waals surface area contributed by atoms with Crippen molar-refractivity contribution < 1.29 is 9.47 Å². The average molecular weight is 306 g/mol. The topological polar surface area (TPSA) is 57.4 Å². The van der Waals surface area contributed by atoms with Crippen LogP contribution in [-0.4, -0.2) is 18.7 Å². The molecule has 5 heteroatoms. The van der Waals surface area contributed by atoms with Crippen LogP contribution in [0.4, 0.5) is 0 Å². The number of hydrogen-bond donors (Lipinski definition) is 1. The molecule has 0 aliphatic rings.